The Morgan fingerprint density at radius 1 is 0.825 bits per heavy atom. The van der Waals surface area contributed by atoms with Gasteiger partial charge in [-0.1, -0.05) is 60.8 Å². The van der Waals surface area contributed by atoms with Crippen LogP contribution in [0.25, 0.3) is 0 Å². The van der Waals surface area contributed by atoms with Gasteiger partial charge in [0.15, 0.2) is 0 Å². The number of fused-ring (bicyclic) bond motifs is 7. The molecule has 1 N–H and O–H groups in total. The lowest BCUT2D eigenvalue weighted by Gasteiger charge is -2.73. The predicted molar refractivity (Wildman–Crippen MR) is 163 cm³/mol. The van der Waals surface area contributed by atoms with Crippen LogP contribution in [-0.4, -0.2) is 23.8 Å². The van der Waals surface area contributed by atoms with Gasteiger partial charge in [0, 0.05) is 5.92 Å². The lowest BCUT2D eigenvalue weighted by Crippen LogP contribution is -2.65. The number of aliphatic hydroxyl groups excluding tert-OH is 1. The molecule has 0 aliphatic heterocycles. The van der Waals surface area contributed by atoms with Crippen LogP contribution in [0.2, 0.25) is 0 Å². The summed E-state index contributed by atoms with van der Waals surface area (Å²) in [6.45, 7) is 20.6. The summed E-state index contributed by atoms with van der Waals surface area (Å²) in [4.78, 5) is 11.5. The van der Waals surface area contributed by atoms with Crippen LogP contribution >= 0.6 is 0 Å². The minimum atomic E-state index is -0.745. The number of rotatable bonds is 5. The van der Waals surface area contributed by atoms with E-state index in [0.29, 0.717) is 46.0 Å². The van der Waals surface area contributed by atoms with E-state index in [4.69, 9.17) is 4.74 Å². The lowest BCUT2D eigenvalue weighted by molar-refractivity contribution is -0.241. The highest BCUT2D eigenvalue weighted by molar-refractivity contribution is 5.88. The summed E-state index contributed by atoms with van der Waals surface area (Å²) in [6.07, 6.45) is 16.5. The minimum absolute atomic E-state index is 0.320. The molecule has 5 saturated carbocycles. The van der Waals surface area contributed by atoms with Gasteiger partial charge in [0.2, 0.25) is 0 Å². The van der Waals surface area contributed by atoms with Crippen LogP contribution in [0.4, 0.5) is 0 Å². The van der Waals surface area contributed by atoms with Crippen molar-refractivity contribution in [3.8, 4) is 11.8 Å². The average molecular weight is 553 g/mol. The molecule has 5 aliphatic rings. The molecule has 5 rings (SSSR count). The molecular formula is C37H60O3. The quantitative estimate of drug-likeness (QED) is 0.211. The number of carbonyl (C=O) groups is 1. The van der Waals surface area contributed by atoms with E-state index in [1.165, 1.54) is 70.6 Å². The Morgan fingerprint density at radius 2 is 1.48 bits per heavy atom. The molecule has 0 spiro atoms. The fraction of sp³-hybridized carbons (Fsp3) is 0.919. The van der Waals surface area contributed by atoms with E-state index < -0.39 is 12.1 Å². The minimum Gasteiger partial charge on any atom is -0.456 e. The van der Waals surface area contributed by atoms with Crippen LogP contribution in [0, 0.1) is 74.4 Å². The highest BCUT2D eigenvalue weighted by atomic mass is 16.5. The van der Waals surface area contributed by atoms with Crippen molar-refractivity contribution in [2.24, 2.45) is 62.6 Å². The molecule has 2 unspecified atom stereocenters. The molecule has 3 nitrogen and oxygen atoms in total. The van der Waals surface area contributed by atoms with Crippen molar-refractivity contribution in [2.75, 3.05) is 6.61 Å². The van der Waals surface area contributed by atoms with Gasteiger partial charge >= 0.3 is 5.97 Å². The van der Waals surface area contributed by atoms with Crippen molar-refractivity contribution in [1.82, 2.24) is 0 Å². The second-order valence-electron chi connectivity index (χ2n) is 16.9. The molecule has 226 valence electrons. The van der Waals surface area contributed by atoms with Crippen LogP contribution in [0.15, 0.2) is 0 Å². The zero-order chi connectivity index (χ0) is 29.1. The van der Waals surface area contributed by atoms with Gasteiger partial charge in [0.25, 0.3) is 0 Å². The Bertz CT molecular complexity index is 1020. The van der Waals surface area contributed by atoms with Gasteiger partial charge in [-0.05, 0) is 147 Å². The Hall–Kier alpha value is -1.01. The number of aliphatic hydroxyl groups is 1. The summed E-state index contributed by atoms with van der Waals surface area (Å²) in [5.74, 6) is 9.39. The molecule has 3 heteroatoms. The molecule has 5 aliphatic carbocycles. The maximum absolute atomic E-state index is 11.5. The van der Waals surface area contributed by atoms with Gasteiger partial charge in [0.1, 0.15) is 6.10 Å². The third kappa shape index (κ3) is 4.61. The van der Waals surface area contributed by atoms with Gasteiger partial charge in [0.05, 0.1) is 6.61 Å². The molecule has 0 aromatic carbocycles. The van der Waals surface area contributed by atoms with Crippen molar-refractivity contribution < 1.29 is 14.6 Å². The number of esters is 1. The van der Waals surface area contributed by atoms with E-state index >= 15 is 0 Å². The highest BCUT2D eigenvalue weighted by Gasteiger charge is 2.70. The molecule has 40 heavy (non-hydrogen) atoms. The van der Waals surface area contributed by atoms with E-state index in [2.05, 4.69) is 60.3 Å². The Balaban J connectivity index is 1.30. The van der Waals surface area contributed by atoms with Crippen LogP contribution in [0.3, 0.4) is 0 Å². The molecule has 11 atom stereocenters. The number of hydrogen-bond acceptors (Lipinski definition) is 3. The first-order valence-corrected chi connectivity index (χ1v) is 17.1. The summed E-state index contributed by atoms with van der Waals surface area (Å²) >= 11 is 0. The largest absolute Gasteiger partial charge is 0.456 e. The van der Waals surface area contributed by atoms with Gasteiger partial charge in [-0.3, -0.25) is 0 Å². The van der Waals surface area contributed by atoms with Gasteiger partial charge in [-0.15, -0.1) is 0 Å². The third-order valence-electron chi connectivity index (χ3n) is 15.0. The van der Waals surface area contributed by atoms with Crippen LogP contribution < -0.4 is 0 Å². The fourth-order valence-electron chi connectivity index (χ4n) is 13.0. The van der Waals surface area contributed by atoms with E-state index in [1.54, 1.807) is 6.92 Å². The van der Waals surface area contributed by atoms with Gasteiger partial charge in [-0.2, -0.15) is 0 Å². The standard InChI is InChI=1S/C37H60O3/c1-9-40-32(39)16-13-26(38)12-11-25(2)27-17-22-34(5)28(27)18-23-36(7)30(34)14-15-31-35(6)21-10-20-33(3,4)29(35)19-24-37(31,36)8/h25-31,38H,9-12,14-15,17-24H2,1-8H3/t25-,26?,27-,28+,29?,30-,31-,34+,35+,36-,37-/m1/s1. The topological polar surface area (TPSA) is 46.5 Å². The Morgan fingerprint density at radius 3 is 2.15 bits per heavy atom. The normalized spacial score (nSPS) is 46.9. The maximum atomic E-state index is 11.5. The van der Waals surface area contributed by atoms with Crippen LogP contribution in [0.1, 0.15) is 139 Å². The smallest absolute Gasteiger partial charge is 0.384 e. The Kier molecular flexibility index (Phi) is 8.08. The molecule has 5 fully saturated rings. The van der Waals surface area contributed by atoms with Crippen LogP contribution in [-0.2, 0) is 9.53 Å². The van der Waals surface area contributed by atoms with E-state index in [1.807, 2.05) is 0 Å². The zero-order valence-corrected chi connectivity index (χ0v) is 27.2. The van der Waals surface area contributed by atoms with E-state index in [9.17, 15) is 9.90 Å². The van der Waals surface area contributed by atoms with Gasteiger partial charge in [-0.25, -0.2) is 4.79 Å². The molecule has 0 heterocycles. The monoisotopic (exact) mass is 552 g/mol. The summed E-state index contributed by atoms with van der Waals surface area (Å²) in [5, 5.41) is 10.4. The molecule has 0 bridgehead atoms. The zero-order valence-electron chi connectivity index (χ0n) is 27.2. The first kappa shape index (κ1) is 30.4. The molecule has 0 amide bonds. The second-order valence-corrected chi connectivity index (χ2v) is 16.9. The summed E-state index contributed by atoms with van der Waals surface area (Å²) < 4.78 is 4.88. The molecule has 0 aromatic heterocycles. The molecule has 0 saturated heterocycles. The predicted octanol–water partition coefficient (Wildman–Crippen LogP) is 8.82. The fourth-order valence-corrected chi connectivity index (χ4v) is 13.0. The van der Waals surface area contributed by atoms with Crippen molar-refractivity contribution in [3.63, 3.8) is 0 Å². The van der Waals surface area contributed by atoms with Crippen LogP contribution in [0.5, 0.6) is 0 Å². The van der Waals surface area contributed by atoms with Crippen molar-refractivity contribution in [3.05, 3.63) is 0 Å². The second kappa shape index (κ2) is 10.6. The SMILES string of the molecule is CCOC(=O)C#CC(O)CC[C@@H](C)[C@H]1CC[C@]2(C)[C@H]3CC[C@@H]4[C@@]5(C)CCCC(C)(C)C5CC[C@@]4(C)[C@]3(C)CC[C@@H]12. The summed E-state index contributed by atoms with van der Waals surface area (Å²) in [5.41, 5.74) is 2.39. The molecule has 0 aromatic rings. The first-order valence-electron chi connectivity index (χ1n) is 17.1. The van der Waals surface area contributed by atoms with Crippen molar-refractivity contribution in [2.45, 2.75) is 145 Å². The van der Waals surface area contributed by atoms with E-state index in [-0.39, 0.29) is 0 Å². The highest BCUT2D eigenvalue weighted by Crippen LogP contribution is 2.78. The first-order chi connectivity index (χ1) is 18.7. The number of hydrogen-bond donors (Lipinski definition) is 1. The molecule has 0 radical (unpaired) electrons. The Labute approximate surface area is 246 Å². The average Bonchev–Trinajstić information content (AvgIpc) is 3.23. The third-order valence-corrected chi connectivity index (χ3v) is 15.0. The van der Waals surface area contributed by atoms with Crippen molar-refractivity contribution in [1.29, 1.82) is 0 Å². The van der Waals surface area contributed by atoms with Gasteiger partial charge < -0.3 is 9.84 Å². The summed E-state index contributed by atoms with van der Waals surface area (Å²) in [7, 11) is 0. The number of carbonyl (C=O) groups excluding carboxylic acids is 1. The van der Waals surface area contributed by atoms with E-state index in [0.717, 1.165) is 36.0 Å². The van der Waals surface area contributed by atoms with Crippen molar-refractivity contribution >= 4 is 5.97 Å². The maximum Gasteiger partial charge on any atom is 0.384 e. The molecular weight excluding hydrogens is 492 g/mol. The summed E-state index contributed by atoms with van der Waals surface area (Å²) in [6, 6.07) is 0. The lowest BCUT2D eigenvalue weighted by atomic mass is 9.32. The number of ether oxygens (including phenoxy) is 1.